The summed E-state index contributed by atoms with van der Waals surface area (Å²) >= 11 is 0. The number of aromatic amines is 1. The van der Waals surface area contributed by atoms with Crippen molar-refractivity contribution in [2.45, 2.75) is 20.5 Å². The number of nitrogens with zero attached hydrogens (tertiary/aromatic N) is 1. The summed E-state index contributed by atoms with van der Waals surface area (Å²) in [5.41, 5.74) is 8.00. The fourth-order valence-corrected chi connectivity index (χ4v) is 1.88. The van der Waals surface area contributed by atoms with Crippen LogP contribution in [0, 0.1) is 6.92 Å². The fourth-order valence-electron chi connectivity index (χ4n) is 1.88. The second-order valence-electron chi connectivity index (χ2n) is 4.48. The van der Waals surface area contributed by atoms with Gasteiger partial charge in [0.25, 0.3) is 5.91 Å². The van der Waals surface area contributed by atoms with Gasteiger partial charge >= 0.3 is 0 Å². The number of rotatable bonds is 5. The van der Waals surface area contributed by atoms with Gasteiger partial charge < -0.3 is 20.9 Å². The van der Waals surface area contributed by atoms with Crippen LogP contribution < -0.4 is 15.8 Å². The lowest BCUT2D eigenvalue weighted by molar-refractivity contribution is 0.102. The number of benzene rings is 1. The van der Waals surface area contributed by atoms with Crippen LogP contribution in [0.1, 0.15) is 28.7 Å². The minimum Gasteiger partial charge on any atom is -0.494 e. The van der Waals surface area contributed by atoms with Crippen molar-refractivity contribution in [3.8, 4) is 5.75 Å². The van der Waals surface area contributed by atoms with Crippen molar-refractivity contribution in [3.63, 3.8) is 0 Å². The van der Waals surface area contributed by atoms with E-state index in [9.17, 15) is 9.90 Å². The highest BCUT2D eigenvalue weighted by Gasteiger charge is 2.16. The molecule has 1 aromatic carbocycles. The van der Waals surface area contributed by atoms with Crippen LogP contribution in [0.25, 0.3) is 0 Å². The molecule has 0 saturated heterocycles. The molecule has 0 fully saturated rings. The van der Waals surface area contributed by atoms with Gasteiger partial charge in [-0.25, -0.2) is 0 Å². The van der Waals surface area contributed by atoms with Crippen LogP contribution in [-0.2, 0) is 6.61 Å². The Kier molecular flexibility index (Phi) is 4.44. The molecule has 0 atom stereocenters. The number of ether oxygens (including phenoxy) is 1. The molecular weight excluding hydrogens is 272 g/mol. The number of carbonyl (C=O) groups excluding carboxylic acids is 1. The summed E-state index contributed by atoms with van der Waals surface area (Å²) in [5.74, 6) is 0.179. The number of nitrogens with two attached hydrogens (primary N) is 1. The zero-order chi connectivity index (χ0) is 15.4. The Balaban J connectivity index is 2.19. The van der Waals surface area contributed by atoms with Gasteiger partial charge in [-0.05, 0) is 32.0 Å². The number of nitrogen functional groups attached to an aromatic ring is 1. The topological polar surface area (TPSA) is 113 Å². The number of aliphatic hydroxyl groups is 1. The average molecular weight is 290 g/mol. The zero-order valence-electron chi connectivity index (χ0n) is 11.9. The molecule has 0 aliphatic rings. The number of aliphatic hydroxyl groups excluding tert-OH is 1. The summed E-state index contributed by atoms with van der Waals surface area (Å²) in [6.45, 7) is 3.92. The van der Waals surface area contributed by atoms with E-state index in [0.717, 1.165) is 0 Å². The van der Waals surface area contributed by atoms with Crippen molar-refractivity contribution in [3.05, 3.63) is 35.2 Å². The molecule has 1 amide bonds. The lowest BCUT2D eigenvalue weighted by atomic mass is 10.2. The summed E-state index contributed by atoms with van der Waals surface area (Å²) < 4.78 is 5.38. The number of H-pyrrole nitrogens is 1. The number of hydrogen-bond donors (Lipinski definition) is 4. The predicted molar refractivity (Wildman–Crippen MR) is 79.2 cm³/mol. The highest BCUT2D eigenvalue weighted by atomic mass is 16.5. The summed E-state index contributed by atoms with van der Waals surface area (Å²) in [6, 6.07) is 5.04. The van der Waals surface area contributed by atoms with Crippen molar-refractivity contribution in [1.82, 2.24) is 10.2 Å². The van der Waals surface area contributed by atoms with Crippen LogP contribution in [0.2, 0.25) is 0 Å². The highest BCUT2D eigenvalue weighted by Crippen LogP contribution is 2.24. The molecule has 0 spiro atoms. The highest BCUT2D eigenvalue weighted by molar-refractivity contribution is 6.06. The predicted octanol–water partition coefficient (Wildman–Crippen LogP) is 1.44. The van der Waals surface area contributed by atoms with Gasteiger partial charge in [0.05, 0.1) is 24.6 Å². The summed E-state index contributed by atoms with van der Waals surface area (Å²) in [5, 5.41) is 18.5. The molecule has 1 aromatic heterocycles. The Morgan fingerprint density at radius 1 is 1.52 bits per heavy atom. The lowest BCUT2D eigenvalue weighted by Gasteiger charge is -2.11. The Morgan fingerprint density at radius 3 is 2.86 bits per heavy atom. The molecule has 0 aliphatic carbocycles. The first-order valence-corrected chi connectivity index (χ1v) is 6.55. The molecule has 5 N–H and O–H groups in total. The zero-order valence-corrected chi connectivity index (χ0v) is 11.9. The van der Waals surface area contributed by atoms with Gasteiger partial charge in [0.15, 0.2) is 5.69 Å². The number of nitrogens with one attached hydrogen (secondary N) is 2. The molecule has 21 heavy (non-hydrogen) atoms. The average Bonchev–Trinajstić information content (AvgIpc) is 2.81. The number of aromatic nitrogens is 2. The van der Waals surface area contributed by atoms with E-state index >= 15 is 0 Å². The van der Waals surface area contributed by atoms with Gasteiger partial charge in [0, 0.05) is 11.3 Å². The first kappa shape index (κ1) is 14.9. The molecule has 2 aromatic rings. The molecule has 0 aliphatic heterocycles. The van der Waals surface area contributed by atoms with E-state index in [1.807, 2.05) is 6.92 Å². The Hall–Kier alpha value is -2.54. The van der Waals surface area contributed by atoms with Gasteiger partial charge in [0.1, 0.15) is 5.75 Å². The molecule has 0 unspecified atom stereocenters. The van der Waals surface area contributed by atoms with E-state index in [-0.39, 0.29) is 12.3 Å². The minimum atomic E-state index is -0.412. The van der Waals surface area contributed by atoms with Gasteiger partial charge in [0.2, 0.25) is 0 Å². The maximum Gasteiger partial charge on any atom is 0.278 e. The lowest BCUT2D eigenvalue weighted by Crippen LogP contribution is -2.14. The molecule has 0 radical (unpaired) electrons. The van der Waals surface area contributed by atoms with Gasteiger partial charge in [-0.2, -0.15) is 5.10 Å². The van der Waals surface area contributed by atoms with Crippen LogP contribution in [-0.4, -0.2) is 27.8 Å². The van der Waals surface area contributed by atoms with Crippen LogP contribution in [0.3, 0.4) is 0 Å². The van der Waals surface area contributed by atoms with Crippen molar-refractivity contribution < 1.29 is 14.6 Å². The number of hydrogen-bond acceptors (Lipinski definition) is 5. The van der Waals surface area contributed by atoms with Crippen molar-refractivity contribution in [1.29, 1.82) is 0 Å². The first-order valence-electron chi connectivity index (χ1n) is 6.55. The molecule has 7 heteroatoms. The van der Waals surface area contributed by atoms with Crippen LogP contribution in [0.15, 0.2) is 18.2 Å². The largest absolute Gasteiger partial charge is 0.494 e. The van der Waals surface area contributed by atoms with E-state index in [4.69, 9.17) is 10.5 Å². The van der Waals surface area contributed by atoms with Crippen LogP contribution in [0.5, 0.6) is 5.75 Å². The van der Waals surface area contributed by atoms with Crippen LogP contribution in [0.4, 0.5) is 11.4 Å². The van der Waals surface area contributed by atoms with E-state index < -0.39 is 5.91 Å². The third-order valence-corrected chi connectivity index (χ3v) is 3.00. The van der Waals surface area contributed by atoms with Gasteiger partial charge in [-0.3, -0.25) is 9.89 Å². The standard InChI is InChI=1S/C14H18N4O3/c1-3-21-11-5-4-10(6-9(11)7-19)16-14(20)13-12(15)8(2)17-18-13/h4-6,19H,3,7,15H2,1-2H3,(H,16,20)(H,17,18). The first-order chi connectivity index (χ1) is 10.1. The SMILES string of the molecule is CCOc1ccc(NC(=O)c2n[nH]c(C)c2N)cc1CO. The Morgan fingerprint density at radius 2 is 2.29 bits per heavy atom. The Labute approximate surface area is 122 Å². The third-order valence-electron chi connectivity index (χ3n) is 3.00. The van der Waals surface area contributed by atoms with Crippen LogP contribution >= 0.6 is 0 Å². The molecule has 0 bridgehead atoms. The Bertz CT molecular complexity index is 652. The number of anilines is 2. The van der Waals surface area contributed by atoms with E-state index in [1.165, 1.54) is 0 Å². The monoisotopic (exact) mass is 290 g/mol. The summed E-state index contributed by atoms with van der Waals surface area (Å²) in [6.07, 6.45) is 0. The van der Waals surface area contributed by atoms with Gasteiger partial charge in [-0.15, -0.1) is 0 Å². The van der Waals surface area contributed by atoms with E-state index in [2.05, 4.69) is 15.5 Å². The normalized spacial score (nSPS) is 10.4. The molecular formula is C14H18N4O3. The van der Waals surface area contributed by atoms with Crippen molar-refractivity contribution in [2.24, 2.45) is 0 Å². The quantitative estimate of drug-likeness (QED) is 0.665. The number of carbonyl (C=O) groups is 1. The third kappa shape index (κ3) is 3.14. The maximum atomic E-state index is 12.1. The molecule has 2 rings (SSSR count). The van der Waals surface area contributed by atoms with Gasteiger partial charge in [-0.1, -0.05) is 0 Å². The van der Waals surface area contributed by atoms with Crippen molar-refractivity contribution in [2.75, 3.05) is 17.7 Å². The minimum absolute atomic E-state index is 0.145. The smallest absolute Gasteiger partial charge is 0.278 e. The second kappa shape index (κ2) is 6.27. The molecule has 1 heterocycles. The molecule has 7 nitrogen and oxygen atoms in total. The van der Waals surface area contributed by atoms with E-state index in [1.54, 1.807) is 25.1 Å². The fraction of sp³-hybridized carbons (Fsp3) is 0.286. The maximum absolute atomic E-state index is 12.1. The summed E-state index contributed by atoms with van der Waals surface area (Å²) in [4.78, 5) is 12.1. The number of aryl methyl sites for hydroxylation is 1. The van der Waals surface area contributed by atoms with Crippen molar-refractivity contribution >= 4 is 17.3 Å². The molecule has 112 valence electrons. The summed E-state index contributed by atoms with van der Waals surface area (Å²) in [7, 11) is 0. The molecule has 0 saturated carbocycles. The van der Waals surface area contributed by atoms with E-state index in [0.29, 0.717) is 35.0 Å². The number of amides is 1. The second-order valence-corrected chi connectivity index (χ2v) is 4.48.